The highest BCUT2D eigenvalue weighted by Crippen LogP contribution is 2.40. The van der Waals surface area contributed by atoms with E-state index in [2.05, 4.69) is 34.2 Å². The molecule has 2 atom stereocenters. The molecule has 1 fully saturated rings. The Hall–Kier alpha value is -1.59. The first-order valence-electron chi connectivity index (χ1n) is 8.79. The molecular formula is C20H24BrNO3. The SMILES string of the molecule is C[C@@H](c1ccc(Br)cc1)N1CC(CCCO)(C2=CCCC=C2)OC1=O. The first-order chi connectivity index (χ1) is 12.1. The molecule has 4 nitrogen and oxygen atoms in total. The second-order valence-electron chi connectivity index (χ2n) is 6.68. The van der Waals surface area contributed by atoms with Crippen molar-refractivity contribution >= 4 is 22.0 Å². The van der Waals surface area contributed by atoms with E-state index in [9.17, 15) is 9.90 Å². The highest BCUT2D eigenvalue weighted by molar-refractivity contribution is 9.10. The summed E-state index contributed by atoms with van der Waals surface area (Å²) >= 11 is 3.44. The number of hydrogen-bond acceptors (Lipinski definition) is 3. The van der Waals surface area contributed by atoms with Crippen LogP contribution >= 0.6 is 15.9 Å². The van der Waals surface area contributed by atoms with Crippen molar-refractivity contribution in [3.8, 4) is 0 Å². The molecule has 0 radical (unpaired) electrons. The van der Waals surface area contributed by atoms with Crippen molar-refractivity contribution in [3.05, 3.63) is 58.1 Å². The minimum atomic E-state index is -0.652. The molecule has 134 valence electrons. The average molecular weight is 406 g/mol. The van der Waals surface area contributed by atoms with Gasteiger partial charge < -0.3 is 9.84 Å². The Kier molecular flexibility index (Phi) is 5.64. The van der Waals surface area contributed by atoms with E-state index < -0.39 is 5.60 Å². The van der Waals surface area contributed by atoms with Gasteiger partial charge in [-0.1, -0.05) is 46.3 Å². The number of benzene rings is 1. The predicted octanol–water partition coefficient (Wildman–Crippen LogP) is 4.75. The number of cyclic esters (lactones) is 1. The Balaban J connectivity index is 1.85. The fourth-order valence-electron chi connectivity index (χ4n) is 3.55. The number of aliphatic hydroxyl groups excluding tert-OH is 1. The molecule has 1 aliphatic heterocycles. The lowest BCUT2D eigenvalue weighted by molar-refractivity contribution is 0.0735. The summed E-state index contributed by atoms with van der Waals surface area (Å²) in [7, 11) is 0. The fourth-order valence-corrected chi connectivity index (χ4v) is 3.82. The molecule has 1 amide bonds. The second-order valence-corrected chi connectivity index (χ2v) is 7.60. The van der Waals surface area contributed by atoms with E-state index in [-0.39, 0.29) is 18.7 Å². The molecule has 0 aromatic heterocycles. The van der Waals surface area contributed by atoms with Crippen molar-refractivity contribution in [2.45, 2.75) is 44.2 Å². The van der Waals surface area contributed by atoms with Crippen molar-refractivity contribution in [2.24, 2.45) is 0 Å². The number of ether oxygens (including phenoxy) is 1. The smallest absolute Gasteiger partial charge is 0.411 e. The van der Waals surface area contributed by atoms with Gasteiger partial charge in [0.25, 0.3) is 0 Å². The van der Waals surface area contributed by atoms with E-state index >= 15 is 0 Å². The summed E-state index contributed by atoms with van der Waals surface area (Å²) in [5.74, 6) is 0. The molecule has 1 heterocycles. The van der Waals surface area contributed by atoms with Crippen LogP contribution in [0.3, 0.4) is 0 Å². The number of amides is 1. The van der Waals surface area contributed by atoms with Crippen molar-refractivity contribution in [3.63, 3.8) is 0 Å². The number of rotatable bonds is 6. The minimum Gasteiger partial charge on any atom is -0.436 e. The molecule has 1 unspecified atom stereocenters. The molecule has 1 aromatic carbocycles. The minimum absolute atomic E-state index is 0.0650. The van der Waals surface area contributed by atoms with Crippen LogP contribution in [0.1, 0.15) is 44.2 Å². The molecule has 1 N–H and O–H groups in total. The van der Waals surface area contributed by atoms with Crippen molar-refractivity contribution < 1.29 is 14.6 Å². The van der Waals surface area contributed by atoms with Crippen molar-refractivity contribution in [1.82, 2.24) is 4.90 Å². The summed E-state index contributed by atoms with van der Waals surface area (Å²) in [5, 5.41) is 9.29. The van der Waals surface area contributed by atoms with Crippen LogP contribution in [-0.4, -0.2) is 34.9 Å². The maximum absolute atomic E-state index is 12.7. The largest absolute Gasteiger partial charge is 0.436 e. The number of halogens is 1. The first-order valence-corrected chi connectivity index (χ1v) is 9.58. The molecule has 0 spiro atoms. The van der Waals surface area contributed by atoms with Crippen LogP contribution in [0.5, 0.6) is 0 Å². The molecule has 1 saturated heterocycles. The van der Waals surface area contributed by atoms with Crippen LogP contribution in [0.25, 0.3) is 0 Å². The third-order valence-corrected chi connectivity index (χ3v) is 5.55. The van der Waals surface area contributed by atoms with Crippen molar-refractivity contribution in [2.75, 3.05) is 13.2 Å². The van der Waals surface area contributed by atoms with Crippen LogP contribution in [-0.2, 0) is 4.74 Å². The van der Waals surface area contributed by atoms with Crippen LogP contribution in [0, 0.1) is 0 Å². The number of allylic oxidation sites excluding steroid dienone is 2. The molecule has 2 aliphatic rings. The molecule has 5 heteroatoms. The Morgan fingerprint density at radius 3 is 2.72 bits per heavy atom. The van der Waals surface area contributed by atoms with Gasteiger partial charge in [0, 0.05) is 11.1 Å². The van der Waals surface area contributed by atoms with Gasteiger partial charge in [0.15, 0.2) is 5.60 Å². The van der Waals surface area contributed by atoms with Crippen LogP contribution < -0.4 is 0 Å². The first kappa shape index (κ1) is 18.2. The summed E-state index contributed by atoms with van der Waals surface area (Å²) in [5.41, 5.74) is 1.48. The zero-order valence-corrected chi connectivity index (χ0v) is 16.0. The lowest BCUT2D eigenvalue weighted by Crippen LogP contribution is -2.37. The molecular weight excluding hydrogens is 382 g/mol. The van der Waals surface area contributed by atoms with Gasteiger partial charge in [-0.3, -0.25) is 4.90 Å². The third kappa shape index (κ3) is 3.82. The number of carbonyl (C=O) groups is 1. The van der Waals surface area contributed by atoms with Crippen molar-refractivity contribution in [1.29, 1.82) is 0 Å². The Morgan fingerprint density at radius 1 is 1.32 bits per heavy atom. The quantitative estimate of drug-likeness (QED) is 0.742. The number of carbonyl (C=O) groups excluding carboxylic acids is 1. The third-order valence-electron chi connectivity index (χ3n) is 5.02. The Morgan fingerprint density at radius 2 is 2.08 bits per heavy atom. The zero-order valence-electron chi connectivity index (χ0n) is 14.5. The van der Waals surface area contributed by atoms with Gasteiger partial charge in [0.05, 0.1) is 12.6 Å². The molecule has 0 saturated carbocycles. The monoisotopic (exact) mass is 405 g/mol. The maximum Gasteiger partial charge on any atom is 0.411 e. The van der Waals surface area contributed by atoms with Crippen LogP contribution in [0.15, 0.2) is 52.5 Å². The lowest BCUT2D eigenvalue weighted by atomic mass is 9.85. The van der Waals surface area contributed by atoms with E-state index in [4.69, 9.17) is 4.74 Å². The zero-order chi connectivity index (χ0) is 17.9. The summed E-state index contributed by atoms with van der Waals surface area (Å²) in [6.45, 7) is 2.63. The summed E-state index contributed by atoms with van der Waals surface area (Å²) in [4.78, 5) is 14.5. The predicted molar refractivity (Wildman–Crippen MR) is 101 cm³/mol. The van der Waals surface area contributed by atoms with E-state index in [1.807, 2.05) is 31.2 Å². The molecule has 0 bridgehead atoms. The fraction of sp³-hybridized carbons (Fsp3) is 0.450. The summed E-state index contributed by atoms with van der Waals surface area (Å²) in [6.07, 6.45) is 9.31. The van der Waals surface area contributed by atoms with Crippen LogP contribution in [0.4, 0.5) is 4.79 Å². The second kappa shape index (κ2) is 7.75. The molecule has 1 aliphatic carbocycles. The van der Waals surface area contributed by atoms with Crippen LogP contribution in [0.2, 0.25) is 0 Å². The normalized spacial score (nSPS) is 24.2. The number of aliphatic hydroxyl groups is 1. The molecule has 25 heavy (non-hydrogen) atoms. The maximum atomic E-state index is 12.7. The van der Waals surface area contributed by atoms with Gasteiger partial charge in [0.2, 0.25) is 0 Å². The van der Waals surface area contributed by atoms with Gasteiger partial charge in [-0.25, -0.2) is 4.79 Å². The van der Waals surface area contributed by atoms with Gasteiger partial charge in [-0.05, 0) is 55.9 Å². The standard InChI is InChI=1S/C20H24BrNO3/c1-15(16-8-10-18(21)11-9-16)22-14-20(12-5-13-23,25-19(22)24)17-6-3-2-4-7-17/h3,6-11,15,23H,2,4-5,12-14H2,1H3/t15-,20?/m0/s1. The van der Waals surface area contributed by atoms with Gasteiger partial charge >= 0.3 is 6.09 Å². The number of nitrogens with zero attached hydrogens (tertiary/aromatic N) is 1. The van der Waals surface area contributed by atoms with E-state index in [1.54, 1.807) is 4.90 Å². The van der Waals surface area contributed by atoms with E-state index in [0.717, 1.165) is 28.5 Å². The molecule has 3 rings (SSSR count). The topological polar surface area (TPSA) is 49.8 Å². The van der Waals surface area contributed by atoms with Gasteiger partial charge in [-0.2, -0.15) is 0 Å². The number of hydrogen-bond donors (Lipinski definition) is 1. The van der Waals surface area contributed by atoms with E-state index in [0.29, 0.717) is 19.4 Å². The summed E-state index contributed by atoms with van der Waals surface area (Å²) < 4.78 is 6.93. The Labute approximate surface area is 157 Å². The highest BCUT2D eigenvalue weighted by atomic mass is 79.9. The van der Waals surface area contributed by atoms with E-state index in [1.165, 1.54) is 0 Å². The average Bonchev–Trinajstić information content (AvgIpc) is 2.98. The summed E-state index contributed by atoms with van der Waals surface area (Å²) in [6, 6.07) is 7.95. The van der Waals surface area contributed by atoms with Gasteiger partial charge in [0.1, 0.15) is 0 Å². The highest BCUT2D eigenvalue weighted by Gasteiger charge is 2.48. The lowest BCUT2D eigenvalue weighted by Gasteiger charge is -2.30. The molecule has 1 aromatic rings. The van der Waals surface area contributed by atoms with Gasteiger partial charge in [-0.15, -0.1) is 0 Å². The Bertz CT molecular complexity index is 683.